The Balaban J connectivity index is 2.12. The van der Waals surface area contributed by atoms with Gasteiger partial charge in [-0.1, -0.05) is 0 Å². The van der Waals surface area contributed by atoms with E-state index in [2.05, 4.69) is 0 Å². The molecule has 0 bridgehead atoms. The zero-order chi connectivity index (χ0) is 14.0. The van der Waals surface area contributed by atoms with E-state index in [1.54, 1.807) is 24.9 Å². The molecule has 0 fully saturated rings. The number of aryl methyl sites for hydroxylation is 2. The number of benzene rings is 1. The minimum Gasteiger partial charge on any atom is -0.464 e. The molecule has 1 amide bonds. The van der Waals surface area contributed by atoms with Crippen molar-refractivity contribution < 1.29 is 13.6 Å². The van der Waals surface area contributed by atoms with Gasteiger partial charge < -0.3 is 9.32 Å². The molecule has 0 saturated carbocycles. The molecule has 0 aliphatic rings. The van der Waals surface area contributed by atoms with Crippen LogP contribution >= 0.6 is 0 Å². The van der Waals surface area contributed by atoms with Gasteiger partial charge in [0.1, 0.15) is 17.3 Å². The Kier molecular flexibility index (Phi) is 3.69. The van der Waals surface area contributed by atoms with Crippen molar-refractivity contribution in [3.8, 4) is 0 Å². The standard InChI is InChI=1S/C15H16FNO2/c1-10-8-12(5-7-14(10)16)15(18)17(3)9-13-6-4-11(2)19-13/h4-8H,9H2,1-3H3. The van der Waals surface area contributed by atoms with Crippen LogP contribution < -0.4 is 0 Å². The van der Waals surface area contributed by atoms with Crippen molar-refractivity contribution >= 4 is 5.91 Å². The van der Waals surface area contributed by atoms with Gasteiger partial charge in [0.25, 0.3) is 5.91 Å². The van der Waals surface area contributed by atoms with Crippen LogP contribution in [0.5, 0.6) is 0 Å². The summed E-state index contributed by atoms with van der Waals surface area (Å²) in [6.45, 7) is 3.89. The van der Waals surface area contributed by atoms with Crippen LogP contribution in [0.15, 0.2) is 34.7 Å². The van der Waals surface area contributed by atoms with Crippen LogP contribution in [0.1, 0.15) is 27.4 Å². The Hall–Kier alpha value is -2.10. The molecular formula is C15H16FNO2. The highest BCUT2D eigenvalue weighted by molar-refractivity contribution is 5.94. The topological polar surface area (TPSA) is 33.5 Å². The highest BCUT2D eigenvalue weighted by atomic mass is 19.1. The Labute approximate surface area is 111 Å². The largest absolute Gasteiger partial charge is 0.464 e. The van der Waals surface area contributed by atoms with Crippen LogP contribution in [0.2, 0.25) is 0 Å². The third-order valence-corrected chi connectivity index (χ3v) is 2.94. The smallest absolute Gasteiger partial charge is 0.254 e. The normalized spacial score (nSPS) is 10.5. The maximum atomic E-state index is 13.2. The molecule has 0 unspecified atom stereocenters. The predicted octanol–water partition coefficient (Wildman–Crippen LogP) is 3.31. The summed E-state index contributed by atoms with van der Waals surface area (Å²) in [4.78, 5) is 13.7. The van der Waals surface area contributed by atoms with Crippen molar-refractivity contribution in [2.24, 2.45) is 0 Å². The van der Waals surface area contributed by atoms with Crippen LogP contribution in [-0.4, -0.2) is 17.9 Å². The lowest BCUT2D eigenvalue weighted by atomic mass is 10.1. The van der Waals surface area contributed by atoms with Gasteiger partial charge in [0.15, 0.2) is 0 Å². The van der Waals surface area contributed by atoms with Crippen molar-refractivity contribution in [2.75, 3.05) is 7.05 Å². The lowest BCUT2D eigenvalue weighted by molar-refractivity contribution is 0.0775. The molecule has 0 radical (unpaired) electrons. The second-order valence-corrected chi connectivity index (χ2v) is 4.64. The first kappa shape index (κ1) is 13.3. The molecule has 4 heteroatoms. The molecule has 0 spiro atoms. The van der Waals surface area contributed by atoms with Crippen LogP contribution in [-0.2, 0) is 6.54 Å². The van der Waals surface area contributed by atoms with Gasteiger partial charge in [-0.05, 0) is 49.7 Å². The van der Waals surface area contributed by atoms with E-state index in [4.69, 9.17) is 4.42 Å². The van der Waals surface area contributed by atoms with E-state index in [9.17, 15) is 9.18 Å². The Morgan fingerprint density at radius 1 is 1.26 bits per heavy atom. The average Bonchev–Trinajstić information content (AvgIpc) is 2.77. The van der Waals surface area contributed by atoms with E-state index in [0.717, 1.165) is 11.5 Å². The third-order valence-electron chi connectivity index (χ3n) is 2.94. The summed E-state index contributed by atoms with van der Waals surface area (Å²) < 4.78 is 18.6. The number of amides is 1. The quantitative estimate of drug-likeness (QED) is 0.849. The molecule has 0 aliphatic carbocycles. The van der Waals surface area contributed by atoms with Gasteiger partial charge in [0.05, 0.1) is 6.54 Å². The van der Waals surface area contributed by atoms with E-state index in [1.165, 1.54) is 12.1 Å². The van der Waals surface area contributed by atoms with E-state index in [-0.39, 0.29) is 11.7 Å². The number of carbonyl (C=O) groups excluding carboxylic acids is 1. The monoisotopic (exact) mass is 261 g/mol. The molecule has 2 rings (SSSR count). The lowest BCUT2D eigenvalue weighted by Gasteiger charge is -2.16. The Bertz CT molecular complexity index is 604. The van der Waals surface area contributed by atoms with Crippen molar-refractivity contribution in [1.82, 2.24) is 4.90 Å². The Morgan fingerprint density at radius 2 is 2.00 bits per heavy atom. The number of rotatable bonds is 3. The first-order chi connectivity index (χ1) is 8.97. The van der Waals surface area contributed by atoms with Crippen molar-refractivity contribution in [3.05, 3.63) is 58.8 Å². The van der Waals surface area contributed by atoms with Crippen LogP contribution in [0, 0.1) is 19.7 Å². The zero-order valence-corrected chi connectivity index (χ0v) is 11.2. The molecule has 3 nitrogen and oxygen atoms in total. The van der Waals surface area contributed by atoms with Crippen molar-refractivity contribution in [3.63, 3.8) is 0 Å². The molecular weight excluding hydrogens is 245 g/mol. The van der Waals surface area contributed by atoms with Crippen LogP contribution in [0.25, 0.3) is 0 Å². The van der Waals surface area contributed by atoms with Gasteiger partial charge in [-0.15, -0.1) is 0 Å². The fourth-order valence-electron chi connectivity index (χ4n) is 1.87. The molecule has 2 aromatic rings. The van der Waals surface area contributed by atoms with E-state index >= 15 is 0 Å². The van der Waals surface area contributed by atoms with Crippen LogP contribution in [0.4, 0.5) is 4.39 Å². The lowest BCUT2D eigenvalue weighted by Crippen LogP contribution is -2.26. The minimum atomic E-state index is -0.305. The molecule has 1 aromatic carbocycles. The molecule has 100 valence electrons. The highest BCUT2D eigenvalue weighted by Gasteiger charge is 2.14. The molecule has 1 heterocycles. The average molecular weight is 261 g/mol. The SMILES string of the molecule is Cc1ccc(CN(C)C(=O)c2ccc(F)c(C)c2)o1. The minimum absolute atomic E-state index is 0.155. The second kappa shape index (κ2) is 5.26. The molecule has 1 aromatic heterocycles. The third kappa shape index (κ3) is 3.02. The summed E-state index contributed by atoms with van der Waals surface area (Å²) in [6.07, 6.45) is 0. The first-order valence-corrected chi connectivity index (χ1v) is 6.04. The van der Waals surface area contributed by atoms with Gasteiger partial charge in [-0.3, -0.25) is 4.79 Å². The Morgan fingerprint density at radius 3 is 2.58 bits per heavy atom. The maximum absolute atomic E-state index is 13.2. The number of halogens is 1. The summed E-state index contributed by atoms with van der Waals surface area (Å²) >= 11 is 0. The summed E-state index contributed by atoms with van der Waals surface area (Å²) in [7, 11) is 1.69. The fraction of sp³-hybridized carbons (Fsp3) is 0.267. The summed E-state index contributed by atoms with van der Waals surface area (Å²) in [5.74, 6) is 1.08. The number of hydrogen-bond donors (Lipinski definition) is 0. The summed E-state index contributed by atoms with van der Waals surface area (Å²) in [5, 5.41) is 0. The molecule has 0 N–H and O–H groups in total. The second-order valence-electron chi connectivity index (χ2n) is 4.64. The van der Waals surface area contributed by atoms with Gasteiger partial charge in [-0.25, -0.2) is 4.39 Å². The molecule has 0 atom stereocenters. The zero-order valence-electron chi connectivity index (χ0n) is 11.2. The molecule has 19 heavy (non-hydrogen) atoms. The van der Waals surface area contributed by atoms with Gasteiger partial charge in [0.2, 0.25) is 0 Å². The number of nitrogens with zero attached hydrogens (tertiary/aromatic N) is 1. The number of furan rings is 1. The van der Waals surface area contributed by atoms with E-state index in [0.29, 0.717) is 17.7 Å². The molecule has 0 saturated heterocycles. The van der Waals surface area contributed by atoms with Crippen molar-refractivity contribution in [1.29, 1.82) is 0 Å². The van der Waals surface area contributed by atoms with Gasteiger partial charge in [0, 0.05) is 12.6 Å². The fourth-order valence-corrected chi connectivity index (χ4v) is 1.87. The summed E-state index contributed by atoms with van der Waals surface area (Å²) in [5.41, 5.74) is 0.942. The van der Waals surface area contributed by atoms with Gasteiger partial charge in [-0.2, -0.15) is 0 Å². The van der Waals surface area contributed by atoms with Gasteiger partial charge >= 0.3 is 0 Å². The van der Waals surface area contributed by atoms with E-state index in [1.807, 2.05) is 19.1 Å². The van der Waals surface area contributed by atoms with Crippen LogP contribution in [0.3, 0.4) is 0 Å². The number of carbonyl (C=O) groups is 1. The summed E-state index contributed by atoms with van der Waals surface area (Å²) in [6, 6.07) is 8.06. The van der Waals surface area contributed by atoms with Crippen molar-refractivity contribution in [2.45, 2.75) is 20.4 Å². The first-order valence-electron chi connectivity index (χ1n) is 6.04. The maximum Gasteiger partial charge on any atom is 0.254 e. The highest BCUT2D eigenvalue weighted by Crippen LogP contribution is 2.14. The molecule has 0 aliphatic heterocycles. The predicted molar refractivity (Wildman–Crippen MR) is 70.4 cm³/mol. The number of hydrogen-bond acceptors (Lipinski definition) is 2. The van der Waals surface area contributed by atoms with E-state index < -0.39 is 0 Å².